The molecule has 2 heterocycles. The third-order valence-corrected chi connectivity index (χ3v) is 2.90. The molecule has 0 atom stereocenters. The summed E-state index contributed by atoms with van der Waals surface area (Å²) in [5.74, 6) is -0.632. The van der Waals surface area contributed by atoms with E-state index in [9.17, 15) is 14.9 Å². The normalized spacial score (nSPS) is 10.5. The Hall–Kier alpha value is -2.42. The van der Waals surface area contributed by atoms with E-state index in [0.717, 1.165) is 0 Å². The summed E-state index contributed by atoms with van der Waals surface area (Å²) in [6.45, 7) is 0.112. The third kappa shape index (κ3) is 3.12. The van der Waals surface area contributed by atoms with Crippen LogP contribution in [0.2, 0.25) is 5.02 Å². The van der Waals surface area contributed by atoms with Crippen molar-refractivity contribution in [1.82, 2.24) is 24.9 Å². The fourth-order valence-corrected chi connectivity index (χ4v) is 1.79. The van der Waals surface area contributed by atoms with Gasteiger partial charge in [-0.25, -0.2) is 0 Å². The third-order valence-electron chi connectivity index (χ3n) is 2.58. The Morgan fingerprint density at radius 2 is 2.35 bits per heavy atom. The van der Waals surface area contributed by atoms with Gasteiger partial charge in [0.15, 0.2) is 0 Å². The zero-order valence-electron chi connectivity index (χ0n) is 10.5. The standard InChI is InChI=1S/C10H11ClN6O3/c1-15-8(7(11)4-13-15)5-12-10(18)6-16-3-2-9(14-16)17(19)20/h2-4H,5-6H2,1H3,(H,12,18). The van der Waals surface area contributed by atoms with Crippen molar-refractivity contribution in [2.45, 2.75) is 13.1 Å². The van der Waals surface area contributed by atoms with Gasteiger partial charge in [-0.15, -0.1) is 0 Å². The van der Waals surface area contributed by atoms with Crippen molar-refractivity contribution >= 4 is 23.3 Å². The summed E-state index contributed by atoms with van der Waals surface area (Å²) in [5.41, 5.74) is 0.673. The van der Waals surface area contributed by atoms with Crippen molar-refractivity contribution < 1.29 is 9.72 Å². The molecule has 2 aromatic rings. The molecule has 0 spiro atoms. The van der Waals surface area contributed by atoms with Gasteiger partial charge in [0.2, 0.25) is 5.91 Å². The molecule has 0 aromatic carbocycles. The fraction of sp³-hybridized carbons (Fsp3) is 0.300. The maximum Gasteiger partial charge on any atom is 0.389 e. The van der Waals surface area contributed by atoms with Crippen molar-refractivity contribution in [3.63, 3.8) is 0 Å². The Kier molecular flexibility index (Phi) is 3.99. The molecule has 1 N–H and O–H groups in total. The highest BCUT2D eigenvalue weighted by Crippen LogP contribution is 2.13. The van der Waals surface area contributed by atoms with Crippen LogP contribution in [0.15, 0.2) is 18.5 Å². The van der Waals surface area contributed by atoms with Gasteiger partial charge in [-0.05, 0) is 4.92 Å². The van der Waals surface area contributed by atoms with Crippen LogP contribution >= 0.6 is 11.6 Å². The van der Waals surface area contributed by atoms with Gasteiger partial charge in [-0.3, -0.25) is 9.48 Å². The average Bonchev–Trinajstić information content (AvgIpc) is 2.96. The van der Waals surface area contributed by atoms with E-state index in [1.165, 1.54) is 23.1 Å². The van der Waals surface area contributed by atoms with E-state index in [1.807, 2.05) is 0 Å². The zero-order valence-corrected chi connectivity index (χ0v) is 11.2. The molecule has 10 heteroatoms. The number of halogens is 1. The molecule has 0 saturated heterocycles. The molecule has 2 rings (SSSR count). The summed E-state index contributed by atoms with van der Waals surface area (Å²) in [6.07, 6.45) is 2.86. The molecule has 1 amide bonds. The number of hydrogen-bond donors (Lipinski definition) is 1. The van der Waals surface area contributed by atoms with Gasteiger partial charge in [-0.1, -0.05) is 11.6 Å². The lowest BCUT2D eigenvalue weighted by molar-refractivity contribution is -0.389. The van der Waals surface area contributed by atoms with Crippen LogP contribution in [0.1, 0.15) is 5.69 Å². The first kappa shape index (κ1) is 14.0. The molecule has 0 radical (unpaired) electrons. The fourth-order valence-electron chi connectivity index (χ4n) is 1.56. The molecule has 0 bridgehead atoms. The van der Waals surface area contributed by atoms with Crippen molar-refractivity contribution in [2.75, 3.05) is 0 Å². The number of amides is 1. The largest absolute Gasteiger partial charge is 0.389 e. The first-order valence-corrected chi connectivity index (χ1v) is 5.96. The van der Waals surface area contributed by atoms with Gasteiger partial charge >= 0.3 is 5.82 Å². The second-order valence-electron chi connectivity index (χ2n) is 3.97. The van der Waals surface area contributed by atoms with Crippen LogP contribution in [-0.2, 0) is 24.9 Å². The van der Waals surface area contributed by atoms with E-state index in [-0.39, 0.29) is 24.8 Å². The summed E-state index contributed by atoms with van der Waals surface area (Å²) in [7, 11) is 1.71. The Bertz CT molecular complexity index is 630. The monoisotopic (exact) mass is 298 g/mol. The highest BCUT2D eigenvalue weighted by atomic mass is 35.5. The molecule has 0 aliphatic rings. The van der Waals surface area contributed by atoms with Crippen LogP contribution in [0.3, 0.4) is 0 Å². The van der Waals surface area contributed by atoms with Gasteiger partial charge in [0, 0.05) is 7.05 Å². The van der Waals surface area contributed by atoms with Gasteiger partial charge in [0.25, 0.3) is 0 Å². The summed E-state index contributed by atoms with van der Waals surface area (Å²) >= 11 is 5.90. The molecule has 0 saturated carbocycles. The van der Waals surface area contributed by atoms with E-state index in [0.29, 0.717) is 10.7 Å². The quantitative estimate of drug-likeness (QED) is 0.638. The highest BCUT2D eigenvalue weighted by molar-refractivity contribution is 6.31. The number of nitro groups is 1. The number of carbonyl (C=O) groups excluding carboxylic acids is 1. The number of hydrogen-bond acceptors (Lipinski definition) is 5. The Balaban J connectivity index is 1.91. The molecule has 106 valence electrons. The topological polar surface area (TPSA) is 108 Å². The van der Waals surface area contributed by atoms with Gasteiger partial charge < -0.3 is 15.4 Å². The number of aromatic nitrogens is 4. The van der Waals surface area contributed by atoms with E-state index in [1.54, 1.807) is 11.7 Å². The SMILES string of the molecule is Cn1ncc(Cl)c1CNC(=O)Cn1ccc([N+](=O)[O-])n1. The van der Waals surface area contributed by atoms with Crippen LogP contribution in [0.5, 0.6) is 0 Å². The summed E-state index contributed by atoms with van der Waals surface area (Å²) in [6, 6.07) is 1.23. The van der Waals surface area contributed by atoms with E-state index < -0.39 is 4.92 Å². The lowest BCUT2D eigenvalue weighted by atomic mass is 10.4. The summed E-state index contributed by atoms with van der Waals surface area (Å²) < 4.78 is 2.75. The lowest BCUT2D eigenvalue weighted by Gasteiger charge is -2.05. The van der Waals surface area contributed by atoms with E-state index >= 15 is 0 Å². The Labute approximate surface area is 118 Å². The molecule has 20 heavy (non-hydrogen) atoms. The summed E-state index contributed by atoms with van der Waals surface area (Å²) in [4.78, 5) is 21.5. The molecule has 0 fully saturated rings. The first-order chi connectivity index (χ1) is 9.47. The maximum absolute atomic E-state index is 11.7. The number of nitrogens with zero attached hydrogens (tertiary/aromatic N) is 5. The predicted molar refractivity (Wildman–Crippen MR) is 68.9 cm³/mol. The highest BCUT2D eigenvalue weighted by Gasteiger charge is 2.14. The minimum atomic E-state index is -0.621. The lowest BCUT2D eigenvalue weighted by Crippen LogP contribution is -2.28. The van der Waals surface area contributed by atoms with Crippen molar-refractivity contribution in [2.24, 2.45) is 7.05 Å². The van der Waals surface area contributed by atoms with E-state index in [2.05, 4.69) is 15.5 Å². The van der Waals surface area contributed by atoms with Crippen LogP contribution in [-0.4, -0.2) is 30.4 Å². The van der Waals surface area contributed by atoms with Gasteiger partial charge in [-0.2, -0.15) is 9.78 Å². The van der Waals surface area contributed by atoms with Crippen molar-refractivity contribution in [3.05, 3.63) is 39.3 Å². The minimum absolute atomic E-state index is 0.108. The van der Waals surface area contributed by atoms with Crippen LogP contribution in [0.25, 0.3) is 0 Å². The van der Waals surface area contributed by atoms with Crippen molar-refractivity contribution in [3.8, 4) is 0 Å². The van der Waals surface area contributed by atoms with E-state index in [4.69, 9.17) is 11.6 Å². The smallest absolute Gasteiger partial charge is 0.358 e. The Morgan fingerprint density at radius 1 is 1.60 bits per heavy atom. The summed E-state index contributed by atoms with van der Waals surface area (Å²) in [5, 5.41) is 21.1. The van der Waals surface area contributed by atoms with Gasteiger partial charge in [0.1, 0.15) is 6.54 Å². The number of rotatable bonds is 5. The molecule has 9 nitrogen and oxygen atoms in total. The number of nitrogens with one attached hydrogen (secondary N) is 1. The van der Waals surface area contributed by atoms with Crippen LogP contribution in [0.4, 0.5) is 5.82 Å². The molecule has 0 aliphatic carbocycles. The number of carbonyl (C=O) groups is 1. The molecule has 2 aromatic heterocycles. The van der Waals surface area contributed by atoms with Crippen LogP contribution < -0.4 is 5.32 Å². The molecule has 0 unspecified atom stereocenters. The molecular weight excluding hydrogens is 288 g/mol. The first-order valence-electron chi connectivity index (χ1n) is 5.58. The van der Waals surface area contributed by atoms with Crippen molar-refractivity contribution in [1.29, 1.82) is 0 Å². The zero-order chi connectivity index (χ0) is 14.7. The van der Waals surface area contributed by atoms with Gasteiger partial charge in [0.05, 0.1) is 40.8 Å². The average molecular weight is 299 g/mol. The minimum Gasteiger partial charge on any atom is -0.358 e. The second-order valence-corrected chi connectivity index (χ2v) is 4.38. The second kappa shape index (κ2) is 5.70. The maximum atomic E-state index is 11.7. The predicted octanol–water partition coefficient (Wildman–Crippen LogP) is 0.495. The molecular formula is C10H11ClN6O3. The van der Waals surface area contributed by atoms with Crippen LogP contribution in [0, 0.1) is 10.1 Å². The molecule has 0 aliphatic heterocycles. The Morgan fingerprint density at radius 3 is 2.90 bits per heavy atom. The number of aryl methyl sites for hydroxylation is 1.